The summed E-state index contributed by atoms with van der Waals surface area (Å²) in [7, 11) is -2.23. The molecule has 114 valence electrons. The molecule has 1 aromatic carbocycles. The van der Waals surface area contributed by atoms with Crippen molar-refractivity contribution in [2.45, 2.75) is 23.7 Å². The number of benzene rings is 1. The molecule has 1 unspecified atom stereocenters. The molecule has 0 saturated carbocycles. The highest BCUT2D eigenvalue weighted by atomic mass is 35.5. The van der Waals surface area contributed by atoms with E-state index in [1.807, 2.05) is 0 Å². The maximum absolute atomic E-state index is 13.8. The molecule has 0 amide bonds. The van der Waals surface area contributed by atoms with Crippen LogP contribution in [0.25, 0.3) is 0 Å². The molecule has 0 saturated heterocycles. The molecule has 2 aromatic rings. The zero-order valence-corrected chi connectivity index (χ0v) is 14.0. The van der Waals surface area contributed by atoms with Crippen LogP contribution in [0.3, 0.4) is 0 Å². The molecular weight excluding hydrogens is 333 g/mol. The van der Waals surface area contributed by atoms with E-state index in [1.165, 1.54) is 28.8 Å². The molecule has 0 bridgehead atoms. The Hall–Kier alpha value is -0.950. The predicted molar refractivity (Wildman–Crippen MR) is 83.6 cm³/mol. The molecule has 1 heterocycles. The third-order valence-electron chi connectivity index (χ3n) is 3.34. The minimum atomic E-state index is -3.67. The monoisotopic (exact) mass is 347 g/mol. The zero-order valence-electron chi connectivity index (χ0n) is 11.6. The van der Waals surface area contributed by atoms with Crippen molar-refractivity contribution >= 4 is 33.0 Å². The van der Waals surface area contributed by atoms with Gasteiger partial charge in [-0.25, -0.2) is 12.8 Å². The molecule has 0 aliphatic rings. The second-order valence-corrected chi connectivity index (χ2v) is 7.86. The standard InChI is InChI=1S/C14H15ClFNO2S2/c1-10(13-5-3-4-6-14(13)16)17(2)21(18,19)12-7-11(8-15)20-9-12/h3-7,9-10H,8H2,1-2H3. The van der Waals surface area contributed by atoms with E-state index in [9.17, 15) is 12.8 Å². The largest absolute Gasteiger partial charge is 0.244 e. The Morgan fingerprint density at radius 2 is 2.05 bits per heavy atom. The second-order valence-electron chi connectivity index (χ2n) is 4.60. The predicted octanol–water partition coefficient (Wildman–Crippen LogP) is 4.01. The van der Waals surface area contributed by atoms with Crippen molar-refractivity contribution in [1.29, 1.82) is 0 Å². The van der Waals surface area contributed by atoms with E-state index in [4.69, 9.17) is 11.6 Å². The van der Waals surface area contributed by atoms with Crippen LogP contribution in [0.5, 0.6) is 0 Å². The Labute approximate surface area is 133 Å². The summed E-state index contributed by atoms with van der Waals surface area (Å²) in [5.74, 6) is -0.147. The van der Waals surface area contributed by atoms with Gasteiger partial charge >= 0.3 is 0 Å². The normalized spacial score (nSPS) is 13.6. The van der Waals surface area contributed by atoms with E-state index in [0.29, 0.717) is 5.56 Å². The molecule has 1 aromatic heterocycles. The summed E-state index contributed by atoms with van der Waals surface area (Å²) in [6.45, 7) is 1.66. The van der Waals surface area contributed by atoms with Crippen molar-refractivity contribution in [2.75, 3.05) is 7.05 Å². The van der Waals surface area contributed by atoms with Gasteiger partial charge in [-0.2, -0.15) is 4.31 Å². The van der Waals surface area contributed by atoms with Crippen LogP contribution in [-0.4, -0.2) is 19.8 Å². The highest BCUT2D eigenvalue weighted by Crippen LogP contribution is 2.29. The highest BCUT2D eigenvalue weighted by molar-refractivity contribution is 7.89. The zero-order chi connectivity index (χ0) is 15.6. The van der Waals surface area contributed by atoms with Gasteiger partial charge in [-0.1, -0.05) is 18.2 Å². The molecule has 3 nitrogen and oxygen atoms in total. The van der Waals surface area contributed by atoms with Gasteiger partial charge < -0.3 is 0 Å². The van der Waals surface area contributed by atoms with Crippen LogP contribution in [0.15, 0.2) is 40.6 Å². The molecule has 21 heavy (non-hydrogen) atoms. The summed E-state index contributed by atoms with van der Waals surface area (Å²) >= 11 is 6.99. The van der Waals surface area contributed by atoms with Crippen molar-refractivity contribution in [3.63, 3.8) is 0 Å². The second kappa shape index (κ2) is 6.44. The van der Waals surface area contributed by atoms with Crippen LogP contribution in [0.1, 0.15) is 23.4 Å². The number of thiophene rings is 1. The van der Waals surface area contributed by atoms with E-state index in [2.05, 4.69) is 0 Å². The van der Waals surface area contributed by atoms with Crippen LogP contribution < -0.4 is 0 Å². The van der Waals surface area contributed by atoms with Crippen LogP contribution in [0.2, 0.25) is 0 Å². The molecule has 2 rings (SSSR count). The number of hydrogen-bond acceptors (Lipinski definition) is 3. The molecular formula is C14H15ClFNO2S2. The smallest absolute Gasteiger partial charge is 0.207 e. The van der Waals surface area contributed by atoms with E-state index in [0.717, 1.165) is 4.88 Å². The summed E-state index contributed by atoms with van der Waals surface area (Å²) in [5, 5.41) is 1.55. The van der Waals surface area contributed by atoms with Gasteiger partial charge in [0.2, 0.25) is 10.0 Å². The van der Waals surface area contributed by atoms with Crippen molar-refractivity contribution < 1.29 is 12.8 Å². The lowest BCUT2D eigenvalue weighted by Crippen LogP contribution is -2.30. The van der Waals surface area contributed by atoms with E-state index in [-0.39, 0.29) is 10.8 Å². The maximum Gasteiger partial charge on any atom is 0.244 e. The fraction of sp³-hybridized carbons (Fsp3) is 0.286. The van der Waals surface area contributed by atoms with Crippen molar-refractivity contribution in [3.8, 4) is 0 Å². The van der Waals surface area contributed by atoms with Crippen LogP contribution in [0, 0.1) is 5.82 Å². The molecule has 7 heteroatoms. The first-order valence-electron chi connectivity index (χ1n) is 6.23. The quantitative estimate of drug-likeness (QED) is 0.766. The van der Waals surface area contributed by atoms with Crippen molar-refractivity contribution in [2.24, 2.45) is 0 Å². The van der Waals surface area contributed by atoms with Gasteiger partial charge in [0.25, 0.3) is 0 Å². The van der Waals surface area contributed by atoms with Crippen LogP contribution in [-0.2, 0) is 15.9 Å². The Morgan fingerprint density at radius 1 is 1.38 bits per heavy atom. The van der Waals surface area contributed by atoms with Gasteiger partial charge in [0.05, 0.1) is 10.8 Å². The number of alkyl halides is 1. The molecule has 0 aliphatic heterocycles. The van der Waals surface area contributed by atoms with Gasteiger partial charge in [0.15, 0.2) is 0 Å². The lowest BCUT2D eigenvalue weighted by Gasteiger charge is -2.24. The molecule has 0 fully saturated rings. The first-order valence-corrected chi connectivity index (χ1v) is 9.09. The summed E-state index contributed by atoms with van der Waals surface area (Å²) in [4.78, 5) is 0.969. The Bertz CT molecular complexity index is 730. The third-order valence-corrected chi connectivity index (χ3v) is 6.78. The lowest BCUT2D eigenvalue weighted by atomic mass is 10.1. The Morgan fingerprint density at radius 3 is 2.62 bits per heavy atom. The number of nitrogens with zero attached hydrogens (tertiary/aromatic N) is 1. The topological polar surface area (TPSA) is 37.4 Å². The van der Waals surface area contributed by atoms with E-state index >= 15 is 0 Å². The van der Waals surface area contributed by atoms with E-state index < -0.39 is 21.9 Å². The third kappa shape index (κ3) is 3.29. The van der Waals surface area contributed by atoms with Gasteiger partial charge in [0, 0.05) is 28.9 Å². The average molecular weight is 348 g/mol. The van der Waals surface area contributed by atoms with Crippen molar-refractivity contribution in [3.05, 3.63) is 52.0 Å². The number of hydrogen-bond donors (Lipinski definition) is 0. The SMILES string of the molecule is CC(c1ccccc1F)N(C)S(=O)(=O)c1csc(CCl)c1. The number of sulfonamides is 1. The summed E-state index contributed by atoms with van der Waals surface area (Å²) < 4.78 is 40.1. The minimum absolute atomic E-state index is 0.189. The molecule has 0 spiro atoms. The van der Waals surface area contributed by atoms with Gasteiger partial charge in [-0.05, 0) is 19.1 Å². The first kappa shape index (κ1) is 16.4. The van der Waals surface area contributed by atoms with Crippen molar-refractivity contribution in [1.82, 2.24) is 4.31 Å². The average Bonchev–Trinajstić information content (AvgIpc) is 2.96. The number of rotatable bonds is 5. The molecule has 1 atom stereocenters. The Balaban J connectivity index is 2.34. The lowest BCUT2D eigenvalue weighted by molar-refractivity contribution is 0.387. The first-order chi connectivity index (χ1) is 9.87. The number of halogens is 2. The molecule has 0 radical (unpaired) electrons. The summed E-state index contributed by atoms with van der Waals surface area (Å²) in [6, 6.07) is 7.12. The van der Waals surface area contributed by atoms with E-state index in [1.54, 1.807) is 36.6 Å². The summed E-state index contributed by atoms with van der Waals surface area (Å²) in [6.07, 6.45) is 0. The summed E-state index contributed by atoms with van der Waals surface area (Å²) in [5.41, 5.74) is 0.344. The molecule has 0 N–H and O–H groups in total. The fourth-order valence-electron chi connectivity index (χ4n) is 1.95. The van der Waals surface area contributed by atoms with Gasteiger partial charge in [-0.15, -0.1) is 22.9 Å². The van der Waals surface area contributed by atoms with Crippen LogP contribution in [0.4, 0.5) is 4.39 Å². The fourth-order valence-corrected chi connectivity index (χ4v) is 4.67. The highest BCUT2D eigenvalue weighted by Gasteiger charge is 2.28. The maximum atomic E-state index is 13.8. The Kier molecular flexibility index (Phi) is 5.03. The van der Waals surface area contributed by atoms with Gasteiger partial charge in [-0.3, -0.25) is 0 Å². The van der Waals surface area contributed by atoms with Crippen LogP contribution >= 0.6 is 22.9 Å². The minimum Gasteiger partial charge on any atom is -0.207 e. The van der Waals surface area contributed by atoms with Gasteiger partial charge in [0.1, 0.15) is 5.82 Å². The molecule has 0 aliphatic carbocycles.